The van der Waals surface area contributed by atoms with Crippen LogP contribution in [0.25, 0.3) is 0 Å². The molecular weight excluding hydrogens is 234 g/mol. The van der Waals surface area contributed by atoms with Crippen molar-refractivity contribution in [3.63, 3.8) is 0 Å². The highest BCUT2D eigenvalue weighted by Gasteiger charge is 2.19. The van der Waals surface area contributed by atoms with Gasteiger partial charge in [0, 0.05) is 11.6 Å². The van der Waals surface area contributed by atoms with Crippen LogP contribution in [-0.4, -0.2) is 16.9 Å². The molecule has 0 aromatic carbocycles. The highest BCUT2D eigenvalue weighted by atomic mass is 35.5. The molecule has 0 aliphatic carbocycles. The molecular formula is C9H16ClN3OS. The SMILES string of the molecule is CCC(C)C(N)C(=O)Nc1nccs1.Cl. The van der Waals surface area contributed by atoms with Gasteiger partial charge in [-0.05, 0) is 5.92 Å². The molecule has 86 valence electrons. The van der Waals surface area contributed by atoms with E-state index >= 15 is 0 Å². The second-order valence-electron chi connectivity index (χ2n) is 3.24. The number of amides is 1. The minimum atomic E-state index is -0.455. The summed E-state index contributed by atoms with van der Waals surface area (Å²) in [5.74, 6) is 0.0317. The highest BCUT2D eigenvalue weighted by molar-refractivity contribution is 7.13. The first-order chi connectivity index (χ1) is 6.65. The lowest BCUT2D eigenvalue weighted by molar-refractivity contribution is -0.118. The van der Waals surface area contributed by atoms with Crippen molar-refractivity contribution in [3.8, 4) is 0 Å². The largest absolute Gasteiger partial charge is 0.320 e. The minimum absolute atomic E-state index is 0. The number of hydrogen-bond donors (Lipinski definition) is 2. The van der Waals surface area contributed by atoms with E-state index in [2.05, 4.69) is 10.3 Å². The van der Waals surface area contributed by atoms with Gasteiger partial charge in [-0.2, -0.15) is 0 Å². The van der Waals surface area contributed by atoms with Crippen LogP contribution in [0.1, 0.15) is 20.3 Å². The summed E-state index contributed by atoms with van der Waals surface area (Å²) >= 11 is 1.39. The second-order valence-corrected chi connectivity index (χ2v) is 4.13. The topological polar surface area (TPSA) is 68.0 Å². The van der Waals surface area contributed by atoms with Gasteiger partial charge in [0.1, 0.15) is 0 Å². The van der Waals surface area contributed by atoms with Crippen LogP contribution in [0.3, 0.4) is 0 Å². The third-order valence-corrected chi connectivity index (χ3v) is 2.91. The van der Waals surface area contributed by atoms with E-state index in [1.807, 2.05) is 19.2 Å². The Morgan fingerprint density at radius 1 is 1.73 bits per heavy atom. The third kappa shape index (κ3) is 4.15. The van der Waals surface area contributed by atoms with Crippen LogP contribution in [-0.2, 0) is 4.79 Å². The Bertz CT molecular complexity index is 292. The maximum absolute atomic E-state index is 11.5. The zero-order chi connectivity index (χ0) is 10.6. The van der Waals surface area contributed by atoms with Gasteiger partial charge in [0.15, 0.2) is 5.13 Å². The van der Waals surface area contributed by atoms with E-state index in [4.69, 9.17) is 5.73 Å². The quantitative estimate of drug-likeness (QED) is 0.856. The Kier molecular flexibility index (Phi) is 6.47. The average molecular weight is 250 g/mol. The summed E-state index contributed by atoms with van der Waals surface area (Å²) < 4.78 is 0. The fourth-order valence-electron chi connectivity index (χ4n) is 0.986. The molecule has 0 saturated carbocycles. The summed E-state index contributed by atoms with van der Waals surface area (Å²) in [4.78, 5) is 15.5. The Labute approximate surface area is 99.7 Å². The highest BCUT2D eigenvalue weighted by Crippen LogP contribution is 2.12. The monoisotopic (exact) mass is 249 g/mol. The van der Waals surface area contributed by atoms with E-state index in [1.54, 1.807) is 6.20 Å². The van der Waals surface area contributed by atoms with Gasteiger partial charge in [0.05, 0.1) is 6.04 Å². The Hall–Kier alpha value is -0.650. The molecule has 1 amide bonds. The van der Waals surface area contributed by atoms with E-state index in [1.165, 1.54) is 11.3 Å². The van der Waals surface area contributed by atoms with Gasteiger partial charge >= 0.3 is 0 Å². The standard InChI is InChI=1S/C9H15N3OS.ClH/c1-3-6(2)7(10)8(13)12-9-11-4-5-14-9;/h4-7H,3,10H2,1-2H3,(H,11,12,13);1H. The molecule has 3 N–H and O–H groups in total. The van der Waals surface area contributed by atoms with Crippen LogP contribution in [0.4, 0.5) is 5.13 Å². The van der Waals surface area contributed by atoms with Crippen molar-refractivity contribution >= 4 is 34.8 Å². The van der Waals surface area contributed by atoms with Gasteiger partial charge in [-0.3, -0.25) is 4.79 Å². The molecule has 0 radical (unpaired) electrons. The first-order valence-electron chi connectivity index (χ1n) is 4.61. The summed E-state index contributed by atoms with van der Waals surface area (Å²) in [6, 6.07) is -0.455. The number of rotatable bonds is 4. The smallest absolute Gasteiger partial charge is 0.243 e. The lowest BCUT2D eigenvalue weighted by Gasteiger charge is -2.16. The third-order valence-electron chi connectivity index (χ3n) is 2.22. The maximum atomic E-state index is 11.5. The zero-order valence-corrected chi connectivity index (χ0v) is 10.4. The van der Waals surface area contributed by atoms with Crippen LogP contribution >= 0.6 is 23.7 Å². The Morgan fingerprint density at radius 2 is 2.40 bits per heavy atom. The number of hydrogen-bond acceptors (Lipinski definition) is 4. The average Bonchev–Trinajstić information content (AvgIpc) is 2.68. The fraction of sp³-hybridized carbons (Fsp3) is 0.556. The van der Waals surface area contributed by atoms with Gasteiger partial charge in [0.2, 0.25) is 5.91 Å². The summed E-state index contributed by atoms with van der Waals surface area (Å²) in [5.41, 5.74) is 5.75. The van der Waals surface area contributed by atoms with E-state index < -0.39 is 6.04 Å². The van der Waals surface area contributed by atoms with Gasteiger partial charge in [-0.1, -0.05) is 20.3 Å². The van der Waals surface area contributed by atoms with Crippen LogP contribution in [0.15, 0.2) is 11.6 Å². The molecule has 0 bridgehead atoms. The van der Waals surface area contributed by atoms with Gasteiger partial charge in [-0.25, -0.2) is 4.98 Å². The molecule has 0 spiro atoms. The summed E-state index contributed by atoms with van der Waals surface area (Å²) in [5, 5.41) is 5.10. The first-order valence-corrected chi connectivity index (χ1v) is 5.49. The number of halogens is 1. The molecule has 0 aliphatic rings. The number of nitrogens with zero attached hydrogens (tertiary/aromatic N) is 1. The Morgan fingerprint density at radius 3 is 2.87 bits per heavy atom. The lowest BCUT2D eigenvalue weighted by Crippen LogP contribution is -2.40. The molecule has 0 aliphatic heterocycles. The zero-order valence-electron chi connectivity index (χ0n) is 8.77. The fourth-order valence-corrected chi connectivity index (χ4v) is 1.52. The van der Waals surface area contributed by atoms with Crippen molar-refractivity contribution in [2.24, 2.45) is 11.7 Å². The van der Waals surface area contributed by atoms with E-state index in [9.17, 15) is 4.79 Å². The van der Waals surface area contributed by atoms with Crippen molar-refractivity contribution in [3.05, 3.63) is 11.6 Å². The van der Waals surface area contributed by atoms with Crippen molar-refractivity contribution in [2.75, 3.05) is 5.32 Å². The van der Waals surface area contributed by atoms with Crippen molar-refractivity contribution < 1.29 is 4.79 Å². The van der Waals surface area contributed by atoms with Gasteiger partial charge in [0.25, 0.3) is 0 Å². The Balaban J connectivity index is 0.00000196. The van der Waals surface area contributed by atoms with Crippen LogP contribution in [0.2, 0.25) is 0 Å². The van der Waals surface area contributed by atoms with Crippen LogP contribution in [0, 0.1) is 5.92 Å². The predicted octanol–water partition coefficient (Wildman–Crippen LogP) is 1.88. The number of aromatic nitrogens is 1. The molecule has 2 atom stereocenters. The molecule has 4 nitrogen and oxygen atoms in total. The maximum Gasteiger partial charge on any atom is 0.243 e. The number of carbonyl (C=O) groups is 1. The van der Waals surface area contributed by atoms with Gasteiger partial charge in [-0.15, -0.1) is 23.7 Å². The molecule has 0 fully saturated rings. The van der Waals surface area contributed by atoms with Gasteiger partial charge < -0.3 is 11.1 Å². The van der Waals surface area contributed by atoms with Crippen molar-refractivity contribution in [2.45, 2.75) is 26.3 Å². The van der Waals surface area contributed by atoms with E-state index in [0.717, 1.165) is 6.42 Å². The number of carbonyl (C=O) groups excluding carboxylic acids is 1. The first kappa shape index (κ1) is 14.3. The van der Waals surface area contributed by atoms with Crippen LogP contribution in [0.5, 0.6) is 0 Å². The van der Waals surface area contributed by atoms with Crippen molar-refractivity contribution in [1.29, 1.82) is 0 Å². The van der Waals surface area contributed by atoms with Crippen LogP contribution < -0.4 is 11.1 Å². The second kappa shape index (κ2) is 6.76. The lowest BCUT2D eigenvalue weighted by atomic mass is 10.00. The minimum Gasteiger partial charge on any atom is -0.320 e. The number of nitrogens with one attached hydrogen (secondary N) is 1. The summed E-state index contributed by atoms with van der Waals surface area (Å²) in [6.07, 6.45) is 2.54. The summed E-state index contributed by atoms with van der Waals surface area (Å²) in [7, 11) is 0. The number of anilines is 1. The molecule has 0 saturated heterocycles. The molecule has 1 aromatic heterocycles. The van der Waals surface area contributed by atoms with E-state index in [-0.39, 0.29) is 24.2 Å². The molecule has 1 aromatic rings. The molecule has 6 heteroatoms. The number of thiazole rings is 1. The molecule has 15 heavy (non-hydrogen) atoms. The molecule has 1 rings (SSSR count). The molecule has 2 unspecified atom stereocenters. The number of nitrogens with two attached hydrogens (primary N) is 1. The normalized spacial score (nSPS) is 13.8. The molecule has 1 heterocycles. The summed E-state index contributed by atoms with van der Waals surface area (Å²) in [6.45, 7) is 3.98. The van der Waals surface area contributed by atoms with E-state index in [0.29, 0.717) is 5.13 Å². The van der Waals surface area contributed by atoms with Crippen molar-refractivity contribution in [1.82, 2.24) is 4.98 Å². The predicted molar refractivity (Wildman–Crippen MR) is 65.4 cm³/mol.